The molecule has 1 heterocycles. The van der Waals surface area contributed by atoms with Crippen LogP contribution in [0.2, 0.25) is 0 Å². The molecule has 1 unspecified atom stereocenters. The smallest absolute Gasteiger partial charge is 0.0704 e. The molecule has 1 atom stereocenters. The quantitative estimate of drug-likeness (QED) is 0.852. The van der Waals surface area contributed by atoms with Crippen LogP contribution in [0.15, 0.2) is 36.5 Å². The number of pyridine rings is 1. The van der Waals surface area contributed by atoms with Gasteiger partial charge in [-0.3, -0.25) is 4.98 Å². The molecule has 2 aromatic rings. The molecule has 2 heteroatoms. The molecule has 0 saturated heterocycles. The topological polar surface area (TPSA) is 24.9 Å². The molecule has 112 valence electrons. The minimum absolute atomic E-state index is 0.580. The maximum atomic E-state index is 4.46. The lowest BCUT2D eigenvalue weighted by atomic mass is 9.94. The number of benzene rings is 1. The van der Waals surface area contributed by atoms with Crippen LogP contribution in [0.5, 0.6) is 0 Å². The van der Waals surface area contributed by atoms with Crippen LogP contribution in [-0.2, 0) is 6.42 Å². The SMILES string of the molecule is CNC(CCC1CCCC1)Cc1ccnc2ccccc12. The highest BCUT2D eigenvalue weighted by Crippen LogP contribution is 2.29. The molecule has 1 aromatic heterocycles. The average Bonchev–Trinajstić information content (AvgIpc) is 3.05. The van der Waals surface area contributed by atoms with E-state index in [9.17, 15) is 0 Å². The molecular weight excluding hydrogens is 256 g/mol. The van der Waals surface area contributed by atoms with Crippen LogP contribution >= 0.6 is 0 Å². The molecule has 0 aliphatic heterocycles. The van der Waals surface area contributed by atoms with Gasteiger partial charge in [-0.15, -0.1) is 0 Å². The Balaban J connectivity index is 1.67. The Bertz CT molecular complexity index is 567. The van der Waals surface area contributed by atoms with Crippen molar-refractivity contribution < 1.29 is 0 Å². The van der Waals surface area contributed by atoms with Gasteiger partial charge in [-0.2, -0.15) is 0 Å². The summed E-state index contributed by atoms with van der Waals surface area (Å²) in [5, 5.41) is 4.83. The third-order valence-electron chi connectivity index (χ3n) is 5.01. The first kappa shape index (κ1) is 14.5. The number of hydrogen-bond acceptors (Lipinski definition) is 2. The number of para-hydroxylation sites is 1. The van der Waals surface area contributed by atoms with Crippen molar-refractivity contribution in [3.8, 4) is 0 Å². The molecule has 2 nitrogen and oxygen atoms in total. The summed E-state index contributed by atoms with van der Waals surface area (Å²) in [5.41, 5.74) is 2.53. The van der Waals surface area contributed by atoms with Gasteiger partial charge in [0, 0.05) is 17.6 Å². The van der Waals surface area contributed by atoms with Crippen LogP contribution in [0.25, 0.3) is 10.9 Å². The Hall–Kier alpha value is -1.41. The molecule has 0 radical (unpaired) electrons. The highest BCUT2D eigenvalue weighted by molar-refractivity contribution is 5.81. The molecule has 1 aliphatic rings. The van der Waals surface area contributed by atoms with Gasteiger partial charge in [0.1, 0.15) is 0 Å². The number of hydrogen-bond donors (Lipinski definition) is 1. The second kappa shape index (κ2) is 7.04. The van der Waals surface area contributed by atoms with Gasteiger partial charge in [0.05, 0.1) is 5.52 Å². The standard InChI is InChI=1S/C19H26N2/c1-20-17(11-10-15-6-2-3-7-15)14-16-12-13-21-19-9-5-4-8-18(16)19/h4-5,8-9,12-13,15,17,20H,2-3,6-7,10-11,14H2,1H3. The molecule has 0 spiro atoms. The van der Waals surface area contributed by atoms with Crippen LogP contribution in [-0.4, -0.2) is 18.1 Å². The Kier molecular flexibility index (Phi) is 4.87. The zero-order chi connectivity index (χ0) is 14.5. The highest BCUT2D eigenvalue weighted by atomic mass is 14.9. The summed E-state index contributed by atoms with van der Waals surface area (Å²) in [5.74, 6) is 0.982. The molecule has 1 N–H and O–H groups in total. The Morgan fingerprint density at radius 3 is 2.81 bits per heavy atom. The van der Waals surface area contributed by atoms with Gasteiger partial charge in [0.2, 0.25) is 0 Å². The summed E-state index contributed by atoms with van der Waals surface area (Å²) in [7, 11) is 2.10. The first-order valence-electron chi connectivity index (χ1n) is 8.36. The lowest BCUT2D eigenvalue weighted by Crippen LogP contribution is -2.28. The number of rotatable bonds is 6. The number of nitrogens with one attached hydrogen (secondary N) is 1. The van der Waals surface area contributed by atoms with E-state index in [0.29, 0.717) is 6.04 Å². The molecule has 0 bridgehead atoms. The van der Waals surface area contributed by atoms with Crippen LogP contribution in [0.3, 0.4) is 0 Å². The van der Waals surface area contributed by atoms with Gasteiger partial charge < -0.3 is 5.32 Å². The van der Waals surface area contributed by atoms with Crippen molar-refractivity contribution in [3.63, 3.8) is 0 Å². The maximum Gasteiger partial charge on any atom is 0.0704 e. The number of nitrogens with zero attached hydrogens (tertiary/aromatic N) is 1. The first-order chi connectivity index (χ1) is 10.4. The Morgan fingerprint density at radius 1 is 1.19 bits per heavy atom. The average molecular weight is 282 g/mol. The van der Waals surface area contributed by atoms with E-state index >= 15 is 0 Å². The van der Waals surface area contributed by atoms with Gasteiger partial charge in [-0.25, -0.2) is 0 Å². The summed E-state index contributed by atoms with van der Waals surface area (Å²) < 4.78 is 0. The third-order valence-corrected chi connectivity index (χ3v) is 5.01. The molecule has 3 rings (SSSR count). The van der Waals surface area contributed by atoms with Gasteiger partial charge in [-0.1, -0.05) is 43.9 Å². The lowest BCUT2D eigenvalue weighted by molar-refractivity contribution is 0.419. The molecular formula is C19H26N2. The predicted molar refractivity (Wildman–Crippen MR) is 89.5 cm³/mol. The number of likely N-dealkylation sites (N-methyl/N-ethyl adjacent to an activating group) is 1. The van der Waals surface area contributed by atoms with E-state index in [2.05, 4.69) is 47.7 Å². The van der Waals surface area contributed by atoms with E-state index < -0.39 is 0 Å². The molecule has 1 saturated carbocycles. The van der Waals surface area contributed by atoms with Crippen LogP contribution < -0.4 is 5.32 Å². The second-order valence-corrected chi connectivity index (χ2v) is 6.40. The maximum absolute atomic E-state index is 4.46. The molecule has 1 fully saturated rings. The third kappa shape index (κ3) is 3.62. The molecule has 0 amide bonds. The van der Waals surface area contributed by atoms with Gasteiger partial charge in [0.25, 0.3) is 0 Å². The fraction of sp³-hybridized carbons (Fsp3) is 0.526. The fourth-order valence-corrected chi connectivity index (χ4v) is 3.68. The van der Waals surface area contributed by atoms with E-state index in [0.717, 1.165) is 17.9 Å². The van der Waals surface area contributed by atoms with Crippen molar-refractivity contribution in [1.82, 2.24) is 10.3 Å². The molecule has 21 heavy (non-hydrogen) atoms. The van der Waals surface area contributed by atoms with E-state index in [4.69, 9.17) is 0 Å². The van der Waals surface area contributed by atoms with E-state index in [-0.39, 0.29) is 0 Å². The zero-order valence-corrected chi connectivity index (χ0v) is 13.0. The normalized spacial score (nSPS) is 17.4. The molecule has 1 aromatic carbocycles. The Labute approximate surface area is 128 Å². The second-order valence-electron chi connectivity index (χ2n) is 6.40. The summed E-state index contributed by atoms with van der Waals surface area (Å²) in [6.07, 6.45) is 11.5. The predicted octanol–water partition coefficient (Wildman–Crippen LogP) is 4.34. The van der Waals surface area contributed by atoms with Gasteiger partial charge in [-0.05, 0) is 49.9 Å². The van der Waals surface area contributed by atoms with Crippen molar-refractivity contribution in [2.24, 2.45) is 5.92 Å². The van der Waals surface area contributed by atoms with Gasteiger partial charge in [0.15, 0.2) is 0 Å². The van der Waals surface area contributed by atoms with E-state index in [1.54, 1.807) is 0 Å². The Morgan fingerprint density at radius 2 is 2.00 bits per heavy atom. The highest BCUT2D eigenvalue weighted by Gasteiger charge is 2.17. The largest absolute Gasteiger partial charge is 0.317 e. The van der Waals surface area contributed by atoms with Crippen LogP contribution in [0.4, 0.5) is 0 Å². The van der Waals surface area contributed by atoms with Crippen molar-refractivity contribution in [2.45, 2.75) is 51.0 Å². The fourth-order valence-electron chi connectivity index (χ4n) is 3.68. The van der Waals surface area contributed by atoms with Gasteiger partial charge >= 0.3 is 0 Å². The zero-order valence-electron chi connectivity index (χ0n) is 13.0. The van der Waals surface area contributed by atoms with Crippen LogP contribution in [0.1, 0.15) is 44.1 Å². The van der Waals surface area contributed by atoms with E-state index in [1.807, 2.05) is 6.20 Å². The van der Waals surface area contributed by atoms with Crippen molar-refractivity contribution >= 4 is 10.9 Å². The number of aromatic nitrogens is 1. The summed E-state index contributed by atoms with van der Waals surface area (Å²) in [6.45, 7) is 0. The lowest BCUT2D eigenvalue weighted by Gasteiger charge is -2.19. The first-order valence-corrected chi connectivity index (χ1v) is 8.36. The summed E-state index contributed by atoms with van der Waals surface area (Å²) >= 11 is 0. The van der Waals surface area contributed by atoms with Crippen LogP contribution in [0, 0.1) is 5.92 Å². The minimum atomic E-state index is 0.580. The monoisotopic (exact) mass is 282 g/mol. The van der Waals surface area contributed by atoms with Crippen molar-refractivity contribution in [1.29, 1.82) is 0 Å². The van der Waals surface area contributed by atoms with E-state index in [1.165, 1.54) is 49.5 Å². The molecule has 1 aliphatic carbocycles. The summed E-state index contributed by atoms with van der Waals surface area (Å²) in [4.78, 5) is 4.46. The van der Waals surface area contributed by atoms with Crippen molar-refractivity contribution in [2.75, 3.05) is 7.05 Å². The minimum Gasteiger partial charge on any atom is -0.317 e. The number of fused-ring (bicyclic) bond motifs is 1. The summed E-state index contributed by atoms with van der Waals surface area (Å²) in [6, 6.07) is 11.2. The van der Waals surface area contributed by atoms with Crippen molar-refractivity contribution in [3.05, 3.63) is 42.1 Å².